The summed E-state index contributed by atoms with van der Waals surface area (Å²) in [5.74, 6) is 0.114. The van der Waals surface area contributed by atoms with Crippen LogP contribution >= 0.6 is 0 Å². The van der Waals surface area contributed by atoms with Gasteiger partial charge in [-0.1, -0.05) is 6.92 Å². The lowest BCUT2D eigenvalue weighted by Crippen LogP contribution is -2.36. The van der Waals surface area contributed by atoms with Crippen LogP contribution in [0.1, 0.15) is 36.7 Å². The molecule has 0 aliphatic carbocycles. The van der Waals surface area contributed by atoms with Crippen LogP contribution in [-0.4, -0.2) is 28.0 Å². The highest BCUT2D eigenvalue weighted by molar-refractivity contribution is 5.94. The number of amides is 1. The molecule has 2 heterocycles. The van der Waals surface area contributed by atoms with E-state index in [1.54, 1.807) is 12.3 Å². The number of carbonyl (C=O) groups excluding carboxylic acids is 1. The summed E-state index contributed by atoms with van der Waals surface area (Å²) >= 11 is 0. The van der Waals surface area contributed by atoms with Crippen molar-refractivity contribution in [1.29, 1.82) is 0 Å². The van der Waals surface area contributed by atoms with Gasteiger partial charge in [0, 0.05) is 25.8 Å². The maximum Gasteiger partial charge on any atom is 0.270 e. The SMILES string of the molecule is CCC1CCCN1C(=O)c1cc(N)cn1C. The van der Waals surface area contributed by atoms with E-state index in [9.17, 15) is 4.79 Å². The molecule has 1 atom stereocenters. The van der Waals surface area contributed by atoms with Gasteiger partial charge in [0.15, 0.2) is 0 Å². The Morgan fingerprint density at radius 1 is 1.62 bits per heavy atom. The first-order valence-electron chi connectivity index (χ1n) is 5.86. The molecule has 0 bridgehead atoms. The van der Waals surface area contributed by atoms with Gasteiger partial charge in [-0.2, -0.15) is 0 Å². The van der Waals surface area contributed by atoms with Crippen molar-refractivity contribution < 1.29 is 4.79 Å². The number of nitrogen functional groups attached to an aromatic ring is 1. The molecule has 16 heavy (non-hydrogen) atoms. The van der Waals surface area contributed by atoms with E-state index in [0.29, 0.717) is 17.4 Å². The third-order valence-corrected chi connectivity index (χ3v) is 3.35. The average molecular weight is 221 g/mol. The summed E-state index contributed by atoms with van der Waals surface area (Å²) in [6.45, 7) is 3.01. The zero-order chi connectivity index (χ0) is 11.7. The van der Waals surface area contributed by atoms with Gasteiger partial charge >= 0.3 is 0 Å². The van der Waals surface area contributed by atoms with Crippen molar-refractivity contribution in [3.8, 4) is 0 Å². The Morgan fingerprint density at radius 3 is 2.94 bits per heavy atom. The molecule has 1 aliphatic heterocycles. The van der Waals surface area contributed by atoms with Crippen LogP contribution in [0.2, 0.25) is 0 Å². The maximum absolute atomic E-state index is 12.3. The van der Waals surface area contributed by atoms with Crippen LogP contribution in [0, 0.1) is 0 Å². The number of anilines is 1. The number of rotatable bonds is 2. The summed E-state index contributed by atoms with van der Waals surface area (Å²) in [6, 6.07) is 2.16. The second kappa shape index (κ2) is 4.20. The molecule has 0 spiro atoms. The van der Waals surface area contributed by atoms with Gasteiger partial charge in [-0.05, 0) is 25.3 Å². The number of aryl methyl sites for hydroxylation is 1. The molecule has 1 aromatic heterocycles. The van der Waals surface area contributed by atoms with E-state index in [-0.39, 0.29) is 5.91 Å². The fourth-order valence-corrected chi connectivity index (χ4v) is 2.48. The highest BCUT2D eigenvalue weighted by Crippen LogP contribution is 2.23. The summed E-state index contributed by atoms with van der Waals surface area (Å²) in [7, 11) is 1.86. The van der Waals surface area contributed by atoms with Crippen molar-refractivity contribution in [1.82, 2.24) is 9.47 Å². The third-order valence-electron chi connectivity index (χ3n) is 3.35. The van der Waals surface area contributed by atoms with Crippen LogP contribution in [-0.2, 0) is 7.05 Å². The molecular weight excluding hydrogens is 202 g/mol. The Bertz CT molecular complexity index is 397. The number of hydrogen-bond acceptors (Lipinski definition) is 2. The summed E-state index contributed by atoms with van der Waals surface area (Å²) < 4.78 is 1.81. The minimum atomic E-state index is 0.114. The second-order valence-corrected chi connectivity index (χ2v) is 4.47. The molecular formula is C12H19N3O. The molecule has 4 heteroatoms. The topological polar surface area (TPSA) is 51.3 Å². The number of aromatic nitrogens is 1. The van der Waals surface area contributed by atoms with Crippen molar-refractivity contribution >= 4 is 11.6 Å². The fraction of sp³-hybridized carbons (Fsp3) is 0.583. The third kappa shape index (κ3) is 1.79. The first-order chi connectivity index (χ1) is 7.63. The van der Waals surface area contributed by atoms with E-state index < -0.39 is 0 Å². The summed E-state index contributed by atoms with van der Waals surface area (Å²) in [6.07, 6.45) is 5.06. The number of carbonyl (C=O) groups is 1. The quantitative estimate of drug-likeness (QED) is 0.825. The largest absolute Gasteiger partial charge is 0.397 e. The predicted octanol–water partition coefficient (Wildman–Crippen LogP) is 1.62. The maximum atomic E-state index is 12.3. The number of nitrogens with two attached hydrogens (primary N) is 1. The van der Waals surface area contributed by atoms with Crippen LogP contribution in [0.25, 0.3) is 0 Å². The van der Waals surface area contributed by atoms with Crippen molar-refractivity contribution in [2.24, 2.45) is 7.05 Å². The first-order valence-corrected chi connectivity index (χ1v) is 5.86. The zero-order valence-electron chi connectivity index (χ0n) is 9.94. The fourth-order valence-electron chi connectivity index (χ4n) is 2.48. The molecule has 2 N–H and O–H groups in total. The molecule has 1 aliphatic rings. The Kier molecular flexibility index (Phi) is 2.90. The number of likely N-dealkylation sites (tertiary alicyclic amines) is 1. The van der Waals surface area contributed by atoms with E-state index >= 15 is 0 Å². The number of nitrogens with zero attached hydrogens (tertiary/aromatic N) is 2. The molecule has 1 unspecified atom stereocenters. The Balaban J connectivity index is 2.21. The molecule has 4 nitrogen and oxygen atoms in total. The van der Waals surface area contributed by atoms with E-state index in [4.69, 9.17) is 5.73 Å². The predicted molar refractivity (Wildman–Crippen MR) is 64.2 cm³/mol. The smallest absolute Gasteiger partial charge is 0.270 e. The van der Waals surface area contributed by atoms with E-state index in [1.165, 1.54) is 0 Å². The molecule has 2 rings (SSSR count). The lowest BCUT2D eigenvalue weighted by Gasteiger charge is -2.23. The van der Waals surface area contributed by atoms with Crippen molar-refractivity contribution in [2.45, 2.75) is 32.2 Å². The lowest BCUT2D eigenvalue weighted by atomic mass is 10.1. The van der Waals surface area contributed by atoms with Crippen LogP contribution in [0.5, 0.6) is 0 Å². The Labute approximate surface area is 96.0 Å². The Morgan fingerprint density at radius 2 is 2.38 bits per heavy atom. The molecule has 88 valence electrons. The van der Waals surface area contributed by atoms with Crippen molar-refractivity contribution in [3.05, 3.63) is 18.0 Å². The van der Waals surface area contributed by atoms with Gasteiger partial charge in [-0.15, -0.1) is 0 Å². The highest BCUT2D eigenvalue weighted by Gasteiger charge is 2.29. The second-order valence-electron chi connectivity index (χ2n) is 4.47. The monoisotopic (exact) mass is 221 g/mol. The van der Waals surface area contributed by atoms with Gasteiger partial charge in [-0.25, -0.2) is 0 Å². The van der Waals surface area contributed by atoms with Crippen molar-refractivity contribution in [2.75, 3.05) is 12.3 Å². The zero-order valence-corrected chi connectivity index (χ0v) is 9.94. The minimum absolute atomic E-state index is 0.114. The van der Waals surface area contributed by atoms with E-state index in [0.717, 1.165) is 25.8 Å². The average Bonchev–Trinajstić information content (AvgIpc) is 2.83. The van der Waals surface area contributed by atoms with Gasteiger partial charge in [0.1, 0.15) is 5.69 Å². The summed E-state index contributed by atoms with van der Waals surface area (Å²) in [4.78, 5) is 14.3. The van der Waals surface area contributed by atoms with Gasteiger partial charge in [0.2, 0.25) is 0 Å². The van der Waals surface area contributed by atoms with E-state index in [1.807, 2.05) is 16.5 Å². The van der Waals surface area contributed by atoms with Crippen LogP contribution < -0.4 is 5.73 Å². The minimum Gasteiger partial charge on any atom is -0.397 e. The first kappa shape index (κ1) is 11.0. The normalized spacial score (nSPS) is 20.4. The van der Waals surface area contributed by atoms with Gasteiger partial charge in [0.05, 0.1) is 5.69 Å². The molecule has 0 saturated carbocycles. The summed E-state index contributed by atoms with van der Waals surface area (Å²) in [5.41, 5.74) is 7.03. The number of hydrogen-bond donors (Lipinski definition) is 1. The van der Waals surface area contributed by atoms with Gasteiger partial charge < -0.3 is 15.2 Å². The van der Waals surface area contributed by atoms with Crippen LogP contribution in [0.4, 0.5) is 5.69 Å². The molecule has 0 radical (unpaired) electrons. The molecule has 0 aromatic carbocycles. The van der Waals surface area contributed by atoms with Crippen LogP contribution in [0.3, 0.4) is 0 Å². The van der Waals surface area contributed by atoms with E-state index in [2.05, 4.69) is 6.92 Å². The van der Waals surface area contributed by atoms with Crippen LogP contribution in [0.15, 0.2) is 12.3 Å². The highest BCUT2D eigenvalue weighted by atomic mass is 16.2. The Hall–Kier alpha value is -1.45. The molecule has 1 aromatic rings. The van der Waals surface area contributed by atoms with Gasteiger partial charge in [0.25, 0.3) is 5.91 Å². The lowest BCUT2D eigenvalue weighted by molar-refractivity contribution is 0.0724. The summed E-state index contributed by atoms with van der Waals surface area (Å²) in [5, 5.41) is 0. The standard InChI is InChI=1S/C12H19N3O/c1-3-10-5-4-6-15(10)12(16)11-7-9(13)8-14(11)2/h7-8,10H,3-6,13H2,1-2H3. The van der Waals surface area contributed by atoms with Crippen molar-refractivity contribution in [3.63, 3.8) is 0 Å². The molecule has 1 saturated heterocycles. The molecule has 1 amide bonds. The van der Waals surface area contributed by atoms with Gasteiger partial charge in [-0.3, -0.25) is 4.79 Å². The molecule has 1 fully saturated rings.